The highest BCUT2D eigenvalue weighted by molar-refractivity contribution is 6.32. The maximum atomic E-state index is 12.3. The van der Waals surface area contributed by atoms with Crippen molar-refractivity contribution in [2.75, 3.05) is 5.32 Å². The summed E-state index contributed by atoms with van der Waals surface area (Å²) in [5, 5.41) is 7.29. The molecule has 21 heavy (non-hydrogen) atoms. The fourth-order valence-electron chi connectivity index (χ4n) is 2.28. The third-order valence-corrected chi connectivity index (χ3v) is 4.05. The second-order valence-electron chi connectivity index (χ2n) is 5.09. The summed E-state index contributed by atoms with van der Waals surface area (Å²) in [7, 11) is 0. The van der Waals surface area contributed by atoms with Gasteiger partial charge in [0.25, 0.3) is 5.91 Å². The average Bonchev–Trinajstić information content (AvgIpc) is 2.88. The van der Waals surface area contributed by atoms with Crippen molar-refractivity contribution in [3.63, 3.8) is 0 Å². The van der Waals surface area contributed by atoms with Crippen molar-refractivity contribution in [1.29, 1.82) is 0 Å². The molecule has 1 N–H and O–H groups in total. The van der Waals surface area contributed by atoms with Crippen molar-refractivity contribution < 1.29 is 4.79 Å². The van der Waals surface area contributed by atoms with Gasteiger partial charge in [-0.15, -0.1) is 0 Å². The average molecular weight is 306 g/mol. The molecule has 0 radical (unpaired) electrons. The fourth-order valence-corrected chi connectivity index (χ4v) is 2.48. The van der Waals surface area contributed by atoms with Gasteiger partial charge in [-0.05, 0) is 25.7 Å². The summed E-state index contributed by atoms with van der Waals surface area (Å²) in [5.74, 6) is -0.244. The summed E-state index contributed by atoms with van der Waals surface area (Å²) < 4.78 is 1.86. The number of nitrogens with zero attached hydrogens (tertiary/aromatic N) is 4. The van der Waals surface area contributed by atoms with Crippen LogP contribution in [0.2, 0.25) is 5.15 Å². The van der Waals surface area contributed by atoms with E-state index in [1.165, 1.54) is 12.7 Å². The number of carbonyl (C=O) groups excluding carboxylic acids is 1. The number of anilines is 1. The van der Waals surface area contributed by atoms with Crippen LogP contribution in [0, 0.1) is 0 Å². The number of amides is 1. The Bertz CT molecular complexity index is 665. The molecule has 0 atom stereocenters. The van der Waals surface area contributed by atoms with Gasteiger partial charge in [-0.25, -0.2) is 9.97 Å². The van der Waals surface area contributed by atoms with E-state index >= 15 is 0 Å². The monoisotopic (exact) mass is 305 g/mol. The van der Waals surface area contributed by atoms with Crippen LogP contribution in [0.3, 0.4) is 0 Å². The Morgan fingerprint density at radius 3 is 2.95 bits per heavy atom. The second-order valence-corrected chi connectivity index (χ2v) is 5.45. The first-order valence-electron chi connectivity index (χ1n) is 7.04. The first-order valence-corrected chi connectivity index (χ1v) is 7.41. The molecule has 0 spiro atoms. The third kappa shape index (κ3) is 2.76. The van der Waals surface area contributed by atoms with E-state index in [2.05, 4.69) is 20.4 Å². The van der Waals surface area contributed by atoms with E-state index in [0.717, 1.165) is 18.5 Å². The van der Waals surface area contributed by atoms with Crippen LogP contribution < -0.4 is 5.32 Å². The van der Waals surface area contributed by atoms with Gasteiger partial charge < -0.3 is 5.32 Å². The Morgan fingerprint density at radius 1 is 1.48 bits per heavy atom. The van der Waals surface area contributed by atoms with E-state index in [-0.39, 0.29) is 11.1 Å². The summed E-state index contributed by atoms with van der Waals surface area (Å²) in [6.07, 6.45) is 8.90. The van der Waals surface area contributed by atoms with E-state index in [4.69, 9.17) is 11.6 Å². The molecule has 0 bridgehead atoms. The molecular weight excluding hydrogens is 290 g/mol. The van der Waals surface area contributed by atoms with Crippen molar-refractivity contribution in [3.05, 3.63) is 35.1 Å². The molecule has 6 nitrogen and oxygen atoms in total. The number of halogens is 1. The number of hydrogen-bond donors (Lipinski definition) is 1. The predicted octanol–water partition coefficient (Wildman–Crippen LogP) is 2.87. The van der Waals surface area contributed by atoms with E-state index < -0.39 is 0 Å². The number of nitrogens with one attached hydrogen (secondary N) is 1. The highest BCUT2D eigenvalue weighted by atomic mass is 35.5. The molecule has 1 aliphatic rings. The predicted molar refractivity (Wildman–Crippen MR) is 79.5 cm³/mol. The molecule has 0 aliphatic heterocycles. The summed E-state index contributed by atoms with van der Waals surface area (Å²) in [6, 6.07) is 0.432. The summed E-state index contributed by atoms with van der Waals surface area (Å²) in [5.41, 5.74) is 1.71. The summed E-state index contributed by atoms with van der Waals surface area (Å²) >= 11 is 6.04. The van der Waals surface area contributed by atoms with Gasteiger partial charge in [-0.1, -0.05) is 18.5 Å². The molecule has 110 valence electrons. The van der Waals surface area contributed by atoms with Crippen molar-refractivity contribution in [3.8, 4) is 0 Å². The fraction of sp³-hybridized carbons (Fsp3) is 0.429. The van der Waals surface area contributed by atoms with Crippen LogP contribution in [0.5, 0.6) is 0 Å². The Labute approximate surface area is 127 Å². The van der Waals surface area contributed by atoms with Crippen LogP contribution in [0.25, 0.3) is 0 Å². The molecular formula is C14H16ClN5O. The third-order valence-electron chi connectivity index (χ3n) is 3.77. The van der Waals surface area contributed by atoms with Crippen LogP contribution >= 0.6 is 11.6 Å². The van der Waals surface area contributed by atoms with E-state index in [1.807, 2.05) is 11.6 Å². The standard InChI is InChI=1S/C14H16ClN5O/c1-2-11-12(13(15)17-8-16-11)19-14(21)9-6-18-20(7-9)10-4-3-5-10/h6-8,10H,2-5H2,1H3,(H,19,21). The van der Waals surface area contributed by atoms with Crippen molar-refractivity contribution >= 4 is 23.2 Å². The molecule has 7 heteroatoms. The normalized spacial score (nSPS) is 14.8. The molecule has 2 aromatic rings. The van der Waals surface area contributed by atoms with Gasteiger partial charge in [0.1, 0.15) is 12.0 Å². The van der Waals surface area contributed by atoms with Crippen LogP contribution in [-0.2, 0) is 6.42 Å². The number of hydrogen-bond acceptors (Lipinski definition) is 4. The van der Waals surface area contributed by atoms with Gasteiger partial charge >= 0.3 is 0 Å². The maximum Gasteiger partial charge on any atom is 0.258 e. The minimum Gasteiger partial charge on any atom is -0.318 e. The molecule has 2 aromatic heterocycles. The Hall–Kier alpha value is -1.95. The quantitative estimate of drug-likeness (QED) is 0.882. The molecule has 0 aromatic carbocycles. The lowest BCUT2D eigenvalue weighted by Crippen LogP contribution is -2.17. The van der Waals surface area contributed by atoms with Crippen LogP contribution in [-0.4, -0.2) is 25.7 Å². The Kier molecular flexibility index (Phi) is 3.88. The number of aromatic nitrogens is 4. The lowest BCUT2D eigenvalue weighted by atomic mass is 9.93. The van der Waals surface area contributed by atoms with Gasteiger partial charge in [-0.3, -0.25) is 9.48 Å². The highest BCUT2D eigenvalue weighted by Crippen LogP contribution is 2.31. The minimum atomic E-state index is -0.244. The van der Waals surface area contributed by atoms with Crippen LogP contribution in [0.4, 0.5) is 5.69 Å². The summed E-state index contributed by atoms with van der Waals surface area (Å²) in [4.78, 5) is 20.3. The van der Waals surface area contributed by atoms with Gasteiger partial charge in [-0.2, -0.15) is 5.10 Å². The zero-order chi connectivity index (χ0) is 14.8. The van der Waals surface area contributed by atoms with E-state index in [1.54, 1.807) is 12.4 Å². The van der Waals surface area contributed by atoms with Crippen molar-refractivity contribution in [2.45, 2.75) is 38.6 Å². The van der Waals surface area contributed by atoms with Crippen LogP contribution in [0.15, 0.2) is 18.7 Å². The van der Waals surface area contributed by atoms with Crippen LogP contribution in [0.1, 0.15) is 48.3 Å². The SMILES string of the molecule is CCc1ncnc(Cl)c1NC(=O)c1cnn(C2CCC2)c1. The first kappa shape index (κ1) is 14.0. The zero-order valence-corrected chi connectivity index (χ0v) is 12.5. The Morgan fingerprint density at radius 2 is 2.29 bits per heavy atom. The molecule has 1 aliphatic carbocycles. The molecule has 1 fully saturated rings. The van der Waals surface area contributed by atoms with E-state index in [9.17, 15) is 4.79 Å². The van der Waals surface area contributed by atoms with Gasteiger partial charge in [0.2, 0.25) is 0 Å². The minimum absolute atomic E-state index is 0.244. The molecule has 0 saturated heterocycles. The lowest BCUT2D eigenvalue weighted by Gasteiger charge is -2.25. The van der Waals surface area contributed by atoms with Gasteiger partial charge in [0.05, 0.1) is 23.5 Å². The maximum absolute atomic E-state index is 12.3. The van der Waals surface area contributed by atoms with Crippen molar-refractivity contribution in [1.82, 2.24) is 19.7 Å². The molecule has 2 heterocycles. The smallest absolute Gasteiger partial charge is 0.258 e. The van der Waals surface area contributed by atoms with Gasteiger partial charge in [0, 0.05) is 6.20 Å². The Balaban J connectivity index is 1.78. The number of rotatable bonds is 4. The van der Waals surface area contributed by atoms with Gasteiger partial charge in [0.15, 0.2) is 5.15 Å². The molecule has 0 unspecified atom stereocenters. The van der Waals surface area contributed by atoms with Crippen molar-refractivity contribution in [2.24, 2.45) is 0 Å². The zero-order valence-electron chi connectivity index (χ0n) is 11.7. The number of aryl methyl sites for hydroxylation is 1. The molecule has 1 amide bonds. The second kappa shape index (κ2) is 5.81. The molecule has 3 rings (SSSR count). The van der Waals surface area contributed by atoms with E-state index in [0.29, 0.717) is 23.7 Å². The summed E-state index contributed by atoms with van der Waals surface area (Å²) in [6.45, 7) is 1.95. The lowest BCUT2D eigenvalue weighted by molar-refractivity contribution is 0.102. The highest BCUT2D eigenvalue weighted by Gasteiger charge is 2.21. The largest absolute Gasteiger partial charge is 0.318 e. The first-order chi connectivity index (χ1) is 10.2. The molecule has 1 saturated carbocycles. The number of carbonyl (C=O) groups is 1. The topological polar surface area (TPSA) is 72.7 Å².